The Morgan fingerprint density at radius 2 is 1.64 bits per heavy atom. The Hall–Kier alpha value is -1.61. The van der Waals surface area contributed by atoms with Gasteiger partial charge >= 0.3 is 5.97 Å². The molecule has 0 unspecified atom stereocenters. The molecule has 3 heteroatoms. The summed E-state index contributed by atoms with van der Waals surface area (Å²) in [6, 6.07) is 12.0. The normalized spacial score (nSPS) is 8.07. The molecule has 1 N–H and O–H groups in total. The molecule has 0 saturated carbocycles. The van der Waals surface area contributed by atoms with Crippen LogP contribution in [0.25, 0.3) is 0 Å². The van der Waals surface area contributed by atoms with Crippen molar-refractivity contribution >= 4 is 5.97 Å². The molecule has 14 heavy (non-hydrogen) atoms. The number of aliphatic hydroxyl groups excluding tert-OH is 1. The van der Waals surface area contributed by atoms with Gasteiger partial charge in [0.1, 0.15) is 6.61 Å². The van der Waals surface area contributed by atoms with Crippen molar-refractivity contribution in [1.29, 1.82) is 0 Å². The molecule has 3 nitrogen and oxygen atoms in total. The van der Waals surface area contributed by atoms with E-state index >= 15 is 0 Å². The number of aliphatic hydroxyl groups is 1. The molecule has 0 heterocycles. The highest BCUT2D eigenvalue weighted by Crippen LogP contribution is 1.79. The largest absolute Gasteiger partial charge is 0.460 e. The first kappa shape index (κ1) is 12.4. The smallest absolute Gasteiger partial charge is 0.330 e. The quantitative estimate of drug-likeness (QED) is 0.584. The number of carbonyl (C=O) groups excluding carboxylic acids is 1. The number of benzene rings is 1. The van der Waals surface area contributed by atoms with Gasteiger partial charge in [-0.25, -0.2) is 4.79 Å². The van der Waals surface area contributed by atoms with Gasteiger partial charge in [-0.15, -0.1) is 0 Å². The molecule has 0 fully saturated rings. The molecule has 0 aliphatic rings. The van der Waals surface area contributed by atoms with Crippen molar-refractivity contribution in [3.05, 3.63) is 49.1 Å². The van der Waals surface area contributed by atoms with Crippen LogP contribution in [-0.2, 0) is 9.53 Å². The first-order valence-electron chi connectivity index (χ1n) is 4.21. The third-order valence-corrected chi connectivity index (χ3v) is 1.17. The second-order valence-electron chi connectivity index (χ2n) is 2.25. The van der Waals surface area contributed by atoms with E-state index in [1.165, 1.54) is 0 Å². The van der Waals surface area contributed by atoms with Crippen LogP contribution in [0.3, 0.4) is 0 Å². The fourth-order valence-corrected chi connectivity index (χ4v) is 0.590. The van der Waals surface area contributed by atoms with Gasteiger partial charge in [0.15, 0.2) is 0 Å². The van der Waals surface area contributed by atoms with Crippen LogP contribution in [0.2, 0.25) is 0 Å². The molecular formula is C11H14O3. The monoisotopic (exact) mass is 194 g/mol. The van der Waals surface area contributed by atoms with Crippen LogP contribution in [0, 0.1) is 0 Å². The van der Waals surface area contributed by atoms with Gasteiger partial charge in [-0.05, 0) is 0 Å². The van der Waals surface area contributed by atoms with E-state index in [4.69, 9.17) is 5.11 Å². The van der Waals surface area contributed by atoms with Gasteiger partial charge in [0.05, 0.1) is 6.61 Å². The van der Waals surface area contributed by atoms with Crippen LogP contribution in [0.5, 0.6) is 0 Å². The fourth-order valence-electron chi connectivity index (χ4n) is 0.590. The number of rotatable bonds is 3. The van der Waals surface area contributed by atoms with Crippen molar-refractivity contribution in [2.45, 2.75) is 0 Å². The van der Waals surface area contributed by atoms with E-state index in [0.717, 1.165) is 6.08 Å². The molecule has 0 radical (unpaired) electrons. The summed E-state index contributed by atoms with van der Waals surface area (Å²) in [5.74, 6) is -0.501. The Morgan fingerprint density at radius 1 is 1.21 bits per heavy atom. The molecule has 0 aliphatic carbocycles. The standard InChI is InChI=1S/C6H6.C5H8O3/c1-2-4-6-5-3-1;1-2-5(7)8-4-3-6/h1-6H;2,6H,1,3-4H2. The second-order valence-corrected chi connectivity index (χ2v) is 2.25. The average Bonchev–Trinajstić information content (AvgIpc) is 2.29. The fraction of sp³-hybridized carbons (Fsp3) is 0.182. The van der Waals surface area contributed by atoms with Crippen LogP contribution >= 0.6 is 0 Å². The summed E-state index contributed by atoms with van der Waals surface area (Å²) in [6.07, 6.45) is 1.05. The minimum atomic E-state index is -0.501. The lowest BCUT2D eigenvalue weighted by molar-refractivity contribution is -0.138. The van der Waals surface area contributed by atoms with E-state index in [1.54, 1.807) is 0 Å². The average molecular weight is 194 g/mol. The van der Waals surface area contributed by atoms with Crippen molar-refractivity contribution in [1.82, 2.24) is 0 Å². The molecular weight excluding hydrogens is 180 g/mol. The highest BCUT2D eigenvalue weighted by Gasteiger charge is 1.90. The Labute approximate surface area is 83.6 Å². The topological polar surface area (TPSA) is 46.5 Å². The van der Waals surface area contributed by atoms with E-state index in [-0.39, 0.29) is 13.2 Å². The molecule has 1 aromatic rings. The molecule has 0 aliphatic heterocycles. The Bertz CT molecular complexity index is 217. The molecule has 0 atom stereocenters. The number of hydrogen-bond acceptors (Lipinski definition) is 3. The molecule has 1 aromatic carbocycles. The Balaban J connectivity index is 0.000000249. The number of hydrogen-bond donors (Lipinski definition) is 1. The van der Waals surface area contributed by atoms with Crippen LogP contribution in [0.4, 0.5) is 0 Å². The summed E-state index contributed by atoms with van der Waals surface area (Å²) in [5.41, 5.74) is 0. The SMILES string of the molecule is C=CC(=O)OCCO.c1ccccc1. The summed E-state index contributed by atoms with van der Waals surface area (Å²) in [4.78, 5) is 10.1. The van der Waals surface area contributed by atoms with Crippen molar-refractivity contribution in [3.63, 3.8) is 0 Å². The summed E-state index contributed by atoms with van der Waals surface area (Å²) in [6.45, 7) is 3.06. The molecule has 1 rings (SSSR count). The third kappa shape index (κ3) is 8.49. The maximum Gasteiger partial charge on any atom is 0.330 e. The summed E-state index contributed by atoms with van der Waals surface area (Å²) in [7, 11) is 0. The van der Waals surface area contributed by atoms with E-state index in [9.17, 15) is 4.79 Å². The van der Waals surface area contributed by atoms with E-state index in [1.807, 2.05) is 36.4 Å². The van der Waals surface area contributed by atoms with Gasteiger partial charge in [0.25, 0.3) is 0 Å². The van der Waals surface area contributed by atoms with Gasteiger partial charge in [-0.2, -0.15) is 0 Å². The zero-order valence-corrected chi connectivity index (χ0v) is 7.93. The van der Waals surface area contributed by atoms with E-state index in [0.29, 0.717) is 0 Å². The van der Waals surface area contributed by atoms with E-state index in [2.05, 4.69) is 11.3 Å². The number of carbonyl (C=O) groups is 1. The maximum absolute atomic E-state index is 10.1. The molecule has 0 amide bonds. The maximum atomic E-state index is 10.1. The number of esters is 1. The van der Waals surface area contributed by atoms with Gasteiger partial charge in [0.2, 0.25) is 0 Å². The molecule has 0 bridgehead atoms. The predicted octanol–water partition coefficient (Wildman–Crippen LogP) is 1.39. The number of ether oxygens (including phenoxy) is 1. The van der Waals surface area contributed by atoms with Crippen molar-refractivity contribution in [2.24, 2.45) is 0 Å². The molecule has 76 valence electrons. The zero-order valence-electron chi connectivity index (χ0n) is 7.93. The lowest BCUT2D eigenvalue weighted by Crippen LogP contribution is -2.04. The zero-order chi connectivity index (χ0) is 10.6. The first-order chi connectivity index (χ1) is 6.81. The van der Waals surface area contributed by atoms with Gasteiger partial charge < -0.3 is 9.84 Å². The molecule has 0 aromatic heterocycles. The van der Waals surface area contributed by atoms with Crippen molar-refractivity contribution in [3.8, 4) is 0 Å². The summed E-state index contributed by atoms with van der Waals surface area (Å²) < 4.78 is 4.33. The van der Waals surface area contributed by atoms with Crippen LogP contribution in [-0.4, -0.2) is 24.3 Å². The predicted molar refractivity (Wildman–Crippen MR) is 54.7 cm³/mol. The van der Waals surface area contributed by atoms with Gasteiger partial charge in [-0.1, -0.05) is 43.0 Å². The minimum absolute atomic E-state index is 0.0465. The Kier molecular flexibility index (Phi) is 8.39. The summed E-state index contributed by atoms with van der Waals surface area (Å²) >= 11 is 0. The molecule has 0 saturated heterocycles. The van der Waals surface area contributed by atoms with Gasteiger partial charge in [-0.3, -0.25) is 0 Å². The minimum Gasteiger partial charge on any atom is -0.460 e. The second kappa shape index (κ2) is 9.48. The van der Waals surface area contributed by atoms with Crippen LogP contribution in [0.15, 0.2) is 49.1 Å². The first-order valence-corrected chi connectivity index (χ1v) is 4.21. The van der Waals surface area contributed by atoms with Gasteiger partial charge in [0, 0.05) is 6.08 Å². The van der Waals surface area contributed by atoms with E-state index < -0.39 is 5.97 Å². The summed E-state index contributed by atoms with van der Waals surface area (Å²) in [5, 5.41) is 8.10. The molecule has 0 spiro atoms. The van der Waals surface area contributed by atoms with Crippen molar-refractivity contribution < 1.29 is 14.6 Å². The van der Waals surface area contributed by atoms with Crippen molar-refractivity contribution in [2.75, 3.05) is 13.2 Å². The van der Waals surface area contributed by atoms with Crippen LogP contribution in [0.1, 0.15) is 0 Å². The van der Waals surface area contributed by atoms with Crippen LogP contribution < -0.4 is 0 Å². The highest BCUT2D eigenvalue weighted by molar-refractivity contribution is 5.81. The Morgan fingerprint density at radius 3 is 1.93 bits per heavy atom. The highest BCUT2D eigenvalue weighted by atomic mass is 16.5. The third-order valence-electron chi connectivity index (χ3n) is 1.17. The lowest BCUT2D eigenvalue weighted by atomic mass is 10.4. The lowest BCUT2D eigenvalue weighted by Gasteiger charge is -1.94.